The van der Waals surface area contributed by atoms with Crippen LogP contribution in [-0.2, 0) is 4.74 Å². The van der Waals surface area contributed by atoms with Gasteiger partial charge in [-0.1, -0.05) is 29.5 Å². The van der Waals surface area contributed by atoms with E-state index in [1.807, 2.05) is 74.5 Å². The first-order valence-electron chi connectivity index (χ1n) is 11.2. The molecule has 6 heteroatoms. The summed E-state index contributed by atoms with van der Waals surface area (Å²) in [7, 11) is 0. The second kappa shape index (κ2) is 9.33. The van der Waals surface area contributed by atoms with Gasteiger partial charge in [0.1, 0.15) is 12.4 Å². The quantitative estimate of drug-likeness (QED) is 0.333. The van der Waals surface area contributed by atoms with Gasteiger partial charge in [-0.2, -0.15) is 0 Å². The Morgan fingerprint density at radius 1 is 1.09 bits per heavy atom. The standard InChI is InChI=1S/C27H26N2O3S/c1-18-14-19(2)16-21(15-18)29(27-28-24-7-3-4-8-25(24)33-27)26(30)20-9-11-22(12-10-20)32-17-23-6-5-13-31-23/h3-4,7-12,14-16,23H,5-6,13,17H2,1-2H3/t23-/m1/s1. The van der Waals surface area contributed by atoms with E-state index in [4.69, 9.17) is 14.5 Å². The lowest BCUT2D eigenvalue weighted by atomic mass is 10.1. The van der Waals surface area contributed by atoms with Gasteiger partial charge >= 0.3 is 0 Å². The molecule has 1 saturated heterocycles. The maximum Gasteiger partial charge on any atom is 0.264 e. The molecular formula is C27H26N2O3S. The molecule has 0 spiro atoms. The molecule has 1 fully saturated rings. The number of nitrogens with zero attached hydrogens (tertiary/aromatic N) is 2. The van der Waals surface area contributed by atoms with Gasteiger partial charge in [-0.25, -0.2) is 4.98 Å². The molecule has 1 amide bonds. The van der Waals surface area contributed by atoms with E-state index in [-0.39, 0.29) is 12.0 Å². The Hall–Kier alpha value is -3.22. The number of aromatic nitrogens is 1. The molecule has 0 bridgehead atoms. The second-order valence-electron chi connectivity index (χ2n) is 8.42. The van der Waals surface area contributed by atoms with E-state index in [1.54, 1.807) is 4.90 Å². The minimum Gasteiger partial charge on any atom is -0.491 e. The fourth-order valence-corrected chi connectivity index (χ4v) is 5.12. The zero-order valence-electron chi connectivity index (χ0n) is 18.8. The van der Waals surface area contributed by atoms with Crippen LogP contribution in [0.3, 0.4) is 0 Å². The van der Waals surface area contributed by atoms with Crippen molar-refractivity contribution >= 4 is 38.3 Å². The highest BCUT2D eigenvalue weighted by molar-refractivity contribution is 7.22. The number of thiazole rings is 1. The number of benzene rings is 3. The summed E-state index contributed by atoms with van der Waals surface area (Å²) in [6.07, 6.45) is 2.27. The summed E-state index contributed by atoms with van der Waals surface area (Å²) in [4.78, 5) is 20.2. The summed E-state index contributed by atoms with van der Waals surface area (Å²) in [5.41, 5.74) is 4.48. The Kier molecular flexibility index (Phi) is 6.11. The number of aryl methyl sites for hydroxylation is 2. The zero-order valence-corrected chi connectivity index (χ0v) is 19.6. The van der Waals surface area contributed by atoms with Crippen molar-refractivity contribution in [2.45, 2.75) is 32.8 Å². The van der Waals surface area contributed by atoms with Gasteiger partial charge in [-0.3, -0.25) is 9.69 Å². The van der Waals surface area contributed by atoms with Crippen molar-refractivity contribution < 1.29 is 14.3 Å². The average molecular weight is 459 g/mol. The van der Waals surface area contributed by atoms with Crippen molar-refractivity contribution in [3.63, 3.8) is 0 Å². The predicted molar refractivity (Wildman–Crippen MR) is 133 cm³/mol. The van der Waals surface area contributed by atoms with E-state index in [2.05, 4.69) is 6.07 Å². The topological polar surface area (TPSA) is 51.7 Å². The molecule has 0 radical (unpaired) electrons. The Morgan fingerprint density at radius 3 is 2.55 bits per heavy atom. The van der Waals surface area contributed by atoms with Crippen LogP contribution in [-0.4, -0.2) is 30.2 Å². The predicted octanol–water partition coefficient (Wildman–Crippen LogP) is 6.45. The molecule has 1 aliphatic heterocycles. The Morgan fingerprint density at radius 2 is 1.85 bits per heavy atom. The maximum atomic E-state index is 13.8. The van der Waals surface area contributed by atoms with Crippen LogP contribution in [0.25, 0.3) is 10.2 Å². The summed E-state index contributed by atoms with van der Waals surface area (Å²) in [5.74, 6) is 0.615. The summed E-state index contributed by atoms with van der Waals surface area (Å²) in [6, 6.07) is 21.4. The fourth-order valence-electron chi connectivity index (χ4n) is 4.14. The smallest absolute Gasteiger partial charge is 0.264 e. The third-order valence-corrected chi connectivity index (χ3v) is 6.72. The number of rotatable bonds is 6. The summed E-state index contributed by atoms with van der Waals surface area (Å²) >= 11 is 1.52. The summed E-state index contributed by atoms with van der Waals surface area (Å²) in [6.45, 7) is 5.42. The molecule has 4 aromatic rings. The molecule has 33 heavy (non-hydrogen) atoms. The van der Waals surface area contributed by atoms with Crippen LogP contribution in [0.15, 0.2) is 66.7 Å². The lowest BCUT2D eigenvalue weighted by molar-refractivity contribution is 0.0679. The van der Waals surface area contributed by atoms with Crippen molar-refractivity contribution in [2.24, 2.45) is 0 Å². The van der Waals surface area contributed by atoms with Gasteiger partial charge < -0.3 is 9.47 Å². The first-order valence-corrected chi connectivity index (χ1v) is 12.0. The van der Waals surface area contributed by atoms with Gasteiger partial charge in [-0.15, -0.1) is 0 Å². The number of para-hydroxylation sites is 1. The molecule has 0 unspecified atom stereocenters. The Balaban J connectivity index is 1.46. The first kappa shape index (κ1) is 21.6. The van der Waals surface area contributed by atoms with Crippen molar-refractivity contribution in [1.29, 1.82) is 0 Å². The van der Waals surface area contributed by atoms with E-state index < -0.39 is 0 Å². The van der Waals surface area contributed by atoms with Gasteiger partial charge in [0.2, 0.25) is 0 Å². The minimum absolute atomic E-state index is 0.121. The highest BCUT2D eigenvalue weighted by Gasteiger charge is 2.24. The summed E-state index contributed by atoms with van der Waals surface area (Å²) in [5, 5.41) is 0.657. The van der Waals surface area contributed by atoms with E-state index >= 15 is 0 Å². The van der Waals surface area contributed by atoms with Crippen LogP contribution in [0.5, 0.6) is 5.75 Å². The van der Waals surface area contributed by atoms with Crippen LogP contribution in [0, 0.1) is 13.8 Å². The van der Waals surface area contributed by atoms with Gasteiger partial charge in [0.15, 0.2) is 5.13 Å². The van der Waals surface area contributed by atoms with Gasteiger partial charge in [0.25, 0.3) is 5.91 Å². The third kappa shape index (κ3) is 4.77. The van der Waals surface area contributed by atoms with Crippen molar-refractivity contribution in [2.75, 3.05) is 18.1 Å². The van der Waals surface area contributed by atoms with E-state index in [1.165, 1.54) is 11.3 Å². The zero-order chi connectivity index (χ0) is 22.8. The van der Waals surface area contributed by atoms with Crippen molar-refractivity contribution in [3.05, 3.63) is 83.4 Å². The van der Waals surface area contributed by atoms with E-state index in [0.717, 1.165) is 52.2 Å². The monoisotopic (exact) mass is 458 g/mol. The van der Waals surface area contributed by atoms with Crippen LogP contribution in [0.2, 0.25) is 0 Å². The molecule has 1 aromatic heterocycles. The highest BCUT2D eigenvalue weighted by atomic mass is 32.1. The normalized spacial score (nSPS) is 15.6. The number of carbonyl (C=O) groups excluding carboxylic acids is 1. The maximum absolute atomic E-state index is 13.8. The van der Waals surface area contributed by atoms with Crippen molar-refractivity contribution in [3.8, 4) is 5.75 Å². The van der Waals surface area contributed by atoms with Gasteiger partial charge in [0, 0.05) is 12.2 Å². The lowest BCUT2D eigenvalue weighted by Crippen LogP contribution is -2.26. The molecule has 168 valence electrons. The second-order valence-corrected chi connectivity index (χ2v) is 9.43. The molecular weight excluding hydrogens is 432 g/mol. The number of anilines is 2. The molecule has 1 atom stereocenters. The van der Waals surface area contributed by atoms with Gasteiger partial charge in [-0.05, 0) is 86.3 Å². The first-order chi connectivity index (χ1) is 16.1. The Labute approximate surface area is 197 Å². The molecule has 1 aliphatic rings. The number of fused-ring (bicyclic) bond motifs is 1. The Bertz CT molecular complexity index is 1220. The third-order valence-electron chi connectivity index (χ3n) is 5.70. The summed E-state index contributed by atoms with van der Waals surface area (Å²) < 4.78 is 12.5. The molecule has 5 rings (SSSR count). The van der Waals surface area contributed by atoms with Crippen molar-refractivity contribution in [1.82, 2.24) is 4.98 Å². The minimum atomic E-state index is -0.121. The number of hydrogen-bond acceptors (Lipinski definition) is 5. The molecule has 0 aliphatic carbocycles. The number of carbonyl (C=O) groups is 1. The number of amides is 1. The SMILES string of the molecule is Cc1cc(C)cc(N(C(=O)c2ccc(OC[C@H]3CCCO3)cc2)c2nc3ccccc3s2)c1. The van der Waals surface area contributed by atoms with Crippen LogP contribution in [0.1, 0.15) is 34.3 Å². The number of hydrogen-bond donors (Lipinski definition) is 0. The molecule has 3 aromatic carbocycles. The van der Waals surface area contributed by atoms with Gasteiger partial charge in [0.05, 0.1) is 22.0 Å². The fraction of sp³-hybridized carbons (Fsp3) is 0.259. The van der Waals surface area contributed by atoms with Crippen LogP contribution >= 0.6 is 11.3 Å². The molecule has 5 nitrogen and oxygen atoms in total. The number of ether oxygens (including phenoxy) is 2. The van der Waals surface area contributed by atoms with Crippen LogP contribution in [0.4, 0.5) is 10.8 Å². The lowest BCUT2D eigenvalue weighted by Gasteiger charge is -2.21. The molecule has 0 N–H and O–H groups in total. The van der Waals surface area contributed by atoms with E-state index in [0.29, 0.717) is 17.3 Å². The highest BCUT2D eigenvalue weighted by Crippen LogP contribution is 2.35. The average Bonchev–Trinajstić information content (AvgIpc) is 3.47. The van der Waals surface area contributed by atoms with Crippen LogP contribution < -0.4 is 9.64 Å². The molecule has 2 heterocycles. The van der Waals surface area contributed by atoms with E-state index in [9.17, 15) is 4.79 Å². The largest absolute Gasteiger partial charge is 0.491 e. The molecule has 0 saturated carbocycles.